The summed E-state index contributed by atoms with van der Waals surface area (Å²) in [6.07, 6.45) is 9.82. The number of anilines is 1. The fourth-order valence-electron chi connectivity index (χ4n) is 3.06. The zero-order valence-corrected chi connectivity index (χ0v) is 15.6. The van der Waals surface area contributed by atoms with Crippen LogP contribution in [0.5, 0.6) is 5.75 Å². The van der Waals surface area contributed by atoms with Crippen molar-refractivity contribution in [3.63, 3.8) is 0 Å². The molecule has 0 saturated carbocycles. The van der Waals surface area contributed by atoms with Crippen molar-refractivity contribution < 1.29 is 9.53 Å². The molecule has 0 saturated heterocycles. The number of pyridine rings is 1. The summed E-state index contributed by atoms with van der Waals surface area (Å²) < 4.78 is 5.67. The predicted molar refractivity (Wildman–Crippen MR) is 103 cm³/mol. The van der Waals surface area contributed by atoms with Crippen LogP contribution in [0.15, 0.2) is 24.4 Å². The van der Waals surface area contributed by atoms with Gasteiger partial charge in [0.25, 0.3) is 5.91 Å². The van der Waals surface area contributed by atoms with Gasteiger partial charge in [-0.25, -0.2) is 4.98 Å². The molecule has 0 radical (unpaired) electrons. The van der Waals surface area contributed by atoms with E-state index in [4.69, 9.17) is 10.00 Å². The van der Waals surface area contributed by atoms with Gasteiger partial charge in [-0.05, 0) is 55.9 Å². The number of nitrogens with zero attached hydrogens (tertiary/aromatic N) is 2. The minimum absolute atomic E-state index is 0.137. The zero-order chi connectivity index (χ0) is 18.2. The first-order chi connectivity index (χ1) is 12.8. The van der Waals surface area contributed by atoms with Crippen LogP contribution >= 0.6 is 11.3 Å². The first kappa shape index (κ1) is 18.4. The van der Waals surface area contributed by atoms with E-state index in [0.29, 0.717) is 31.0 Å². The fourth-order valence-corrected chi connectivity index (χ4v) is 4.21. The summed E-state index contributed by atoms with van der Waals surface area (Å²) in [6.45, 7) is 0.426. The molecule has 2 aromatic rings. The first-order valence-electron chi connectivity index (χ1n) is 9.15. The van der Waals surface area contributed by atoms with E-state index in [-0.39, 0.29) is 5.91 Å². The van der Waals surface area contributed by atoms with Gasteiger partial charge in [0.05, 0.1) is 17.6 Å². The molecule has 1 aliphatic rings. The second kappa shape index (κ2) is 9.35. The van der Waals surface area contributed by atoms with Gasteiger partial charge < -0.3 is 10.1 Å². The van der Waals surface area contributed by atoms with Gasteiger partial charge in [-0.3, -0.25) is 4.79 Å². The van der Waals surface area contributed by atoms with E-state index in [0.717, 1.165) is 17.7 Å². The smallest absolute Gasteiger partial charge is 0.267 e. The van der Waals surface area contributed by atoms with Gasteiger partial charge in [-0.2, -0.15) is 5.26 Å². The van der Waals surface area contributed by atoms with Crippen molar-refractivity contribution in [1.82, 2.24) is 4.98 Å². The topological polar surface area (TPSA) is 75.0 Å². The molecule has 3 rings (SSSR count). The number of carbonyl (C=O) groups is 1. The summed E-state index contributed by atoms with van der Waals surface area (Å²) in [4.78, 5) is 19.0. The number of carbonyl (C=O) groups excluding carboxylic acids is 1. The summed E-state index contributed by atoms with van der Waals surface area (Å²) in [5.41, 5.74) is 1.33. The van der Waals surface area contributed by atoms with E-state index in [1.165, 1.54) is 36.1 Å². The molecule has 5 nitrogen and oxygen atoms in total. The summed E-state index contributed by atoms with van der Waals surface area (Å²) in [5, 5.41) is 11.5. The standard InChI is InChI=1S/C20H23N3O2S/c21-11-5-6-13-25-16-9-7-12-22-19(16)23-20(24)18-14-15-8-3-1-2-4-10-17(15)26-18/h7,9,12,14H,1-6,8,10,13H2,(H,22,23,24). The number of amides is 1. The highest BCUT2D eigenvalue weighted by molar-refractivity contribution is 7.14. The first-order valence-corrected chi connectivity index (χ1v) is 9.97. The third-order valence-electron chi connectivity index (χ3n) is 4.41. The number of thiophene rings is 1. The molecular weight excluding hydrogens is 346 g/mol. The molecular formula is C20H23N3O2S. The molecule has 0 aliphatic heterocycles. The molecule has 6 heteroatoms. The van der Waals surface area contributed by atoms with Crippen molar-refractivity contribution in [2.75, 3.05) is 11.9 Å². The lowest BCUT2D eigenvalue weighted by atomic mass is 10.00. The van der Waals surface area contributed by atoms with E-state index < -0.39 is 0 Å². The number of aromatic nitrogens is 1. The van der Waals surface area contributed by atoms with Crippen LogP contribution in [0.1, 0.15) is 58.6 Å². The molecule has 1 amide bonds. The monoisotopic (exact) mass is 369 g/mol. The Balaban J connectivity index is 1.68. The molecule has 1 N–H and O–H groups in total. The quantitative estimate of drug-likeness (QED) is 0.747. The number of nitrogens with one attached hydrogen (secondary N) is 1. The minimum Gasteiger partial charge on any atom is -0.490 e. The maximum Gasteiger partial charge on any atom is 0.267 e. The van der Waals surface area contributed by atoms with Crippen LogP contribution in [0, 0.1) is 11.3 Å². The van der Waals surface area contributed by atoms with Crippen LogP contribution in [0.4, 0.5) is 5.82 Å². The number of aryl methyl sites for hydroxylation is 2. The average molecular weight is 369 g/mol. The van der Waals surface area contributed by atoms with Crippen molar-refractivity contribution in [1.29, 1.82) is 5.26 Å². The molecule has 0 spiro atoms. The number of hydrogen-bond donors (Lipinski definition) is 1. The van der Waals surface area contributed by atoms with E-state index >= 15 is 0 Å². The number of rotatable bonds is 6. The molecule has 2 heterocycles. The van der Waals surface area contributed by atoms with Crippen LogP contribution in [-0.4, -0.2) is 17.5 Å². The third kappa shape index (κ3) is 4.83. The Morgan fingerprint density at radius 1 is 1.31 bits per heavy atom. The summed E-state index contributed by atoms with van der Waals surface area (Å²) in [5.74, 6) is 0.825. The third-order valence-corrected chi connectivity index (χ3v) is 5.65. The summed E-state index contributed by atoms with van der Waals surface area (Å²) in [6, 6.07) is 7.68. The highest BCUT2D eigenvalue weighted by atomic mass is 32.1. The van der Waals surface area contributed by atoms with Crippen molar-refractivity contribution in [3.05, 3.63) is 39.7 Å². The van der Waals surface area contributed by atoms with Crippen LogP contribution < -0.4 is 10.1 Å². The van der Waals surface area contributed by atoms with Crippen LogP contribution in [0.3, 0.4) is 0 Å². The maximum atomic E-state index is 12.7. The molecule has 0 unspecified atom stereocenters. The summed E-state index contributed by atoms with van der Waals surface area (Å²) >= 11 is 1.60. The predicted octanol–water partition coefficient (Wildman–Crippen LogP) is 4.74. The van der Waals surface area contributed by atoms with Crippen LogP contribution in [0.25, 0.3) is 0 Å². The molecule has 26 heavy (non-hydrogen) atoms. The lowest BCUT2D eigenvalue weighted by molar-refractivity contribution is 0.102. The Morgan fingerprint density at radius 2 is 2.15 bits per heavy atom. The number of fused-ring (bicyclic) bond motifs is 1. The molecule has 0 bridgehead atoms. The molecule has 0 fully saturated rings. The average Bonchev–Trinajstić information content (AvgIpc) is 3.02. The summed E-state index contributed by atoms with van der Waals surface area (Å²) in [7, 11) is 0. The lowest BCUT2D eigenvalue weighted by Crippen LogP contribution is -2.13. The molecule has 1 aliphatic carbocycles. The molecule has 136 valence electrons. The second-order valence-electron chi connectivity index (χ2n) is 6.39. The lowest BCUT2D eigenvalue weighted by Gasteiger charge is -2.10. The molecule has 0 aromatic carbocycles. The van der Waals surface area contributed by atoms with Crippen molar-refractivity contribution in [2.24, 2.45) is 0 Å². The Morgan fingerprint density at radius 3 is 3.00 bits per heavy atom. The van der Waals surface area contributed by atoms with Gasteiger partial charge in [-0.15, -0.1) is 11.3 Å². The van der Waals surface area contributed by atoms with Gasteiger partial charge >= 0.3 is 0 Å². The SMILES string of the molecule is N#CCCCOc1cccnc1NC(=O)c1cc2c(s1)CCCCCC2. The highest BCUT2D eigenvalue weighted by Gasteiger charge is 2.17. The maximum absolute atomic E-state index is 12.7. The van der Waals surface area contributed by atoms with Gasteiger partial charge in [0, 0.05) is 17.5 Å². The molecule has 2 aromatic heterocycles. The van der Waals surface area contributed by atoms with Crippen molar-refractivity contribution >= 4 is 23.1 Å². The van der Waals surface area contributed by atoms with E-state index in [2.05, 4.69) is 16.4 Å². The zero-order valence-electron chi connectivity index (χ0n) is 14.8. The Hall–Kier alpha value is -2.39. The van der Waals surface area contributed by atoms with E-state index in [9.17, 15) is 4.79 Å². The number of nitriles is 1. The fraction of sp³-hybridized carbons (Fsp3) is 0.450. The number of ether oxygens (including phenoxy) is 1. The van der Waals surface area contributed by atoms with Gasteiger partial charge in [-0.1, -0.05) is 12.8 Å². The second-order valence-corrected chi connectivity index (χ2v) is 7.52. The van der Waals surface area contributed by atoms with Crippen molar-refractivity contribution in [2.45, 2.75) is 51.4 Å². The highest BCUT2D eigenvalue weighted by Crippen LogP contribution is 2.30. The Bertz CT molecular complexity index is 769. The van der Waals surface area contributed by atoms with Crippen LogP contribution in [-0.2, 0) is 12.8 Å². The Kier molecular flexibility index (Phi) is 6.62. The van der Waals surface area contributed by atoms with Crippen LogP contribution in [0.2, 0.25) is 0 Å². The number of hydrogen-bond acceptors (Lipinski definition) is 5. The Labute approximate surface area is 158 Å². The van der Waals surface area contributed by atoms with Crippen molar-refractivity contribution in [3.8, 4) is 11.8 Å². The van der Waals surface area contributed by atoms with E-state index in [1.54, 1.807) is 29.7 Å². The normalized spacial score (nSPS) is 13.8. The number of unbranched alkanes of at least 4 members (excludes halogenated alkanes) is 1. The van der Waals surface area contributed by atoms with Gasteiger partial charge in [0.1, 0.15) is 0 Å². The largest absolute Gasteiger partial charge is 0.490 e. The van der Waals surface area contributed by atoms with Gasteiger partial charge in [0.2, 0.25) is 0 Å². The minimum atomic E-state index is -0.137. The van der Waals surface area contributed by atoms with E-state index in [1.807, 2.05) is 6.07 Å². The molecule has 0 atom stereocenters. The van der Waals surface area contributed by atoms with Gasteiger partial charge in [0.15, 0.2) is 11.6 Å².